The maximum atomic E-state index is 12.1. The predicted molar refractivity (Wildman–Crippen MR) is 66.0 cm³/mol. The fourth-order valence-electron chi connectivity index (χ4n) is 1.26. The number of sulfonamides is 1. The van der Waals surface area contributed by atoms with Crippen LogP contribution in [0.25, 0.3) is 0 Å². The van der Waals surface area contributed by atoms with Gasteiger partial charge in [0.25, 0.3) is 10.0 Å². The van der Waals surface area contributed by atoms with Crippen molar-refractivity contribution in [3.05, 3.63) is 34.7 Å². The van der Waals surface area contributed by atoms with E-state index in [1.54, 1.807) is 13.8 Å². The lowest BCUT2D eigenvalue weighted by molar-refractivity contribution is 0.430. The summed E-state index contributed by atoms with van der Waals surface area (Å²) >= 11 is 5.74. The molecule has 0 aliphatic rings. The van der Waals surface area contributed by atoms with Crippen molar-refractivity contribution in [2.45, 2.75) is 18.7 Å². The Morgan fingerprint density at radius 1 is 1.39 bits per heavy atom. The average Bonchev–Trinajstić information content (AvgIpc) is 2.61. The third-order valence-corrected chi connectivity index (χ3v) is 4.17. The number of aromatic nitrogens is 2. The number of hydrogen-bond donors (Lipinski definition) is 1. The first-order chi connectivity index (χ1) is 8.42. The van der Waals surface area contributed by atoms with Crippen LogP contribution in [-0.2, 0) is 10.0 Å². The number of rotatable bonds is 3. The molecule has 0 aliphatic carbocycles. The smallest absolute Gasteiger partial charge is 0.267 e. The molecule has 2 aromatic heterocycles. The van der Waals surface area contributed by atoms with E-state index in [9.17, 15) is 8.42 Å². The van der Waals surface area contributed by atoms with Crippen molar-refractivity contribution in [1.82, 2.24) is 10.1 Å². The largest absolute Gasteiger partial charge is 0.337 e. The molecule has 0 aromatic carbocycles. The molecular formula is C10H10ClN3O3S. The zero-order valence-corrected chi connectivity index (χ0v) is 11.2. The number of anilines is 1. The van der Waals surface area contributed by atoms with Crippen molar-refractivity contribution in [2.24, 2.45) is 0 Å². The second kappa shape index (κ2) is 4.58. The van der Waals surface area contributed by atoms with E-state index in [1.807, 2.05) is 0 Å². The summed E-state index contributed by atoms with van der Waals surface area (Å²) in [7, 11) is -3.83. The summed E-state index contributed by atoms with van der Waals surface area (Å²) in [6.07, 6.45) is 1.41. The van der Waals surface area contributed by atoms with Gasteiger partial charge in [0.05, 0.1) is 5.69 Å². The highest BCUT2D eigenvalue weighted by Crippen LogP contribution is 2.24. The Labute approximate surface area is 109 Å². The molecule has 0 amide bonds. The van der Waals surface area contributed by atoms with Crippen LogP contribution in [0.2, 0.25) is 5.15 Å². The summed E-state index contributed by atoms with van der Waals surface area (Å²) in [6, 6.07) is 2.84. The van der Waals surface area contributed by atoms with Gasteiger partial charge in [0.1, 0.15) is 10.0 Å². The topological polar surface area (TPSA) is 85.1 Å². The SMILES string of the molecule is Cc1noc(NS(=O)(=O)c2cccnc2Cl)c1C. The monoisotopic (exact) mass is 287 g/mol. The molecule has 0 atom stereocenters. The molecule has 18 heavy (non-hydrogen) atoms. The highest BCUT2D eigenvalue weighted by Gasteiger charge is 2.21. The second-order valence-electron chi connectivity index (χ2n) is 3.62. The van der Waals surface area contributed by atoms with E-state index < -0.39 is 10.0 Å². The van der Waals surface area contributed by atoms with E-state index in [1.165, 1.54) is 18.3 Å². The molecule has 0 radical (unpaired) electrons. The summed E-state index contributed by atoms with van der Waals surface area (Å²) in [5.74, 6) is 0.0763. The van der Waals surface area contributed by atoms with Crippen LogP contribution in [0.3, 0.4) is 0 Å². The van der Waals surface area contributed by atoms with Crippen LogP contribution in [-0.4, -0.2) is 18.6 Å². The second-order valence-corrected chi connectivity index (χ2v) is 5.63. The van der Waals surface area contributed by atoms with Gasteiger partial charge in [-0.25, -0.2) is 18.1 Å². The van der Waals surface area contributed by atoms with Gasteiger partial charge in [0, 0.05) is 11.8 Å². The van der Waals surface area contributed by atoms with E-state index in [4.69, 9.17) is 16.1 Å². The summed E-state index contributed by atoms with van der Waals surface area (Å²) < 4.78 is 31.3. The summed E-state index contributed by atoms with van der Waals surface area (Å²) in [6.45, 7) is 3.42. The Morgan fingerprint density at radius 2 is 2.11 bits per heavy atom. The quantitative estimate of drug-likeness (QED) is 0.874. The normalized spacial score (nSPS) is 11.5. The van der Waals surface area contributed by atoms with Gasteiger partial charge in [-0.3, -0.25) is 0 Å². The Bertz CT molecular complexity index is 681. The van der Waals surface area contributed by atoms with E-state index in [0.29, 0.717) is 11.3 Å². The molecule has 0 spiro atoms. The molecule has 8 heteroatoms. The standard InChI is InChI=1S/C10H10ClN3O3S/c1-6-7(2)13-17-10(6)14-18(15,16)8-4-3-5-12-9(8)11/h3-5,14H,1-2H3. The molecular weight excluding hydrogens is 278 g/mol. The lowest BCUT2D eigenvalue weighted by atomic mass is 10.3. The molecule has 96 valence electrons. The Hall–Kier alpha value is -1.60. The molecule has 0 bridgehead atoms. The third-order valence-electron chi connectivity index (χ3n) is 2.40. The highest BCUT2D eigenvalue weighted by molar-refractivity contribution is 7.92. The first kappa shape index (κ1) is 12.8. The molecule has 2 aromatic rings. The number of halogens is 1. The maximum absolute atomic E-state index is 12.1. The Balaban J connectivity index is 2.40. The Morgan fingerprint density at radius 3 is 2.67 bits per heavy atom. The van der Waals surface area contributed by atoms with Crippen molar-refractivity contribution in [1.29, 1.82) is 0 Å². The number of pyridine rings is 1. The van der Waals surface area contributed by atoms with Gasteiger partial charge in [-0.15, -0.1) is 0 Å². The first-order valence-electron chi connectivity index (χ1n) is 4.98. The molecule has 1 N–H and O–H groups in total. The van der Waals surface area contributed by atoms with Crippen molar-refractivity contribution in [2.75, 3.05) is 4.72 Å². The number of hydrogen-bond acceptors (Lipinski definition) is 5. The number of nitrogens with one attached hydrogen (secondary N) is 1. The van der Waals surface area contributed by atoms with Crippen molar-refractivity contribution in [3.63, 3.8) is 0 Å². The van der Waals surface area contributed by atoms with E-state index >= 15 is 0 Å². The molecule has 0 unspecified atom stereocenters. The van der Waals surface area contributed by atoms with Crippen molar-refractivity contribution < 1.29 is 12.9 Å². The maximum Gasteiger partial charge on any atom is 0.267 e. The van der Waals surface area contributed by atoms with Gasteiger partial charge in [-0.05, 0) is 26.0 Å². The van der Waals surface area contributed by atoms with Crippen LogP contribution in [0.5, 0.6) is 0 Å². The fraction of sp³-hybridized carbons (Fsp3) is 0.200. The predicted octanol–water partition coefficient (Wildman–Crippen LogP) is 2.14. The van der Waals surface area contributed by atoms with Crippen molar-refractivity contribution >= 4 is 27.5 Å². The molecule has 6 nitrogen and oxygen atoms in total. The van der Waals surface area contributed by atoms with Gasteiger partial charge >= 0.3 is 0 Å². The van der Waals surface area contributed by atoms with Gasteiger partial charge < -0.3 is 4.52 Å². The minimum Gasteiger partial charge on any atom is -0.337 e. The zero-order chi connectivity index (χ0) is 13.3. The van der Waals surface area contributed by atoms with Crippen LogP contribution in [0, 0.1) is 13.8 Å². The number of aryl methyl sites for hydroxylation is 1. The summed E-state index contributed by atoms with van der Waals surface area (Å²) in [5, 5.41) is 3.57. The summed E-state index contributed by atoms with van der Waals surface area (Å²) in [5.41, 5.74) is 1.24. The van der Waals surface area contributed by atoms with Crippen LogP contribution in [0.1, 0.15) is 11.3 Å². The third kappa shape index (κ3) is 2.32. The fourth-order valence-corrected chi connectivity index (χ4v) is 2.76. The van der Waals surface area contributed by atoms with Crippen LogP contribution < -0.4 is 4.72 Å². The lowest BCUT2D eigenvalue weighted by Crippen LogP contribution is -2.14. The summed E-state index contributed by atoms with van der Waals surface area (Å²) in [4.78, 5) is 3.60. The van der Waals surface area contributed by atoms with Gasteiger partial charge in [-0.1, -0.05) is 16.8 Å². The van der Waals surface area contributed by atoms with Crippen LogP contribution in [0.15, 0.2) is 27.7 Å². The average molecular weight is 288 g/mol. The van der Waals surface area contributed by atoms with Crippen LogP contribution >= 0.6 is 11.6 Å². The van der Waals surface area contributed by atoms with E-state index in [2.05, 4.69) is 14.9 Å². The molecule has 2 heterocycles. The zero-order valence-electron chi connectivity index (χ0n) is 9.64. The van der Waals surface area contributed by atoms with E-state index in [-0.39, 0.29) is 15.9 Å². The molecule has 0 fully saturated rings. The van der Waals surface area contributed by atoms with Crippen molar-refractivity contribution in [3.8, 4) is 0 Å². The van der Waals surface area contributed by atoms with Gasteiger partial charge in [0.15, 0.2) is 0 Å². The Kier molecular flexibility index (Phi) is 3.27. The number of nitrogens with zero attached hydrogens (tertiary/aromatic N) is 2. The molecule has 2 rings (SSSR count). The van der Waals surface area contributed by atoms with E-state index in [0.717, 1.165) is 0 Å². The van der Waals surface area contributed by atoms with Gasteiger partial charge in [0.2, 0.25) is 5.88 Å². The molecule has 0 saturated carbocycles. The molecule has 0 saturated heterocycles. The highest BCUT2D eigenvalue weighted by atomic mass is 35.5. The lowest BCUT2D eigenvalue weighted by Gasteiger charge is -2.06. The molecule has 0 aliphatic heterocycles. The minimum absolute atomic E-state index is 0.0763. The van der Waals surface area contributed by atoms with Gasteiger partial charge in [-0.2, -0.15) is 0 Å². The first-order valence-corrected chi connectivity index (χ1v) is 6.84. The minimum atomic E-state index is -3.83. The van der Waals surface area contributed by atoms with Crippen LogP contribution in [0.4, 0.5) is 5.88 Å².